The normalized spacial score (nSPS) is 17.0. The van der Waals surface area contributed by atoms with Crippen LogP contribution in [0.1, 0.15) is 40.2 Å². The summed E-state index contributed by atoms with van der Waals surface area (Å²) in [5.41, 5.74) is 2.74. The standard InChI is InChI=1S/C19H20N4O2/c1-13-9-14(2)22-19(21-13)25-17-7-4-8-23(12-17)18(24)16-6-3-5-15(10-16)11-20/h3,5-6,9-10,17H,4,7-8,12H2,1-2H3/t17-/m0/s1. The van der Waals surface area contributed by atoms with E-state index in [0.717, 1.165) is 24.2 Å². The third kappa shape index (κ3) is 4.13. The first kappa shape index (κ1) is 16.9. The Labute approximate surface area is 147 Å². The maximum Gasteiger partial charge on any atom is 0.317 e. The highest BCUT2D eigenvalue weighted by Crippen LogP contribution is 2.18. The van der Waals surface area contributed by atoms with Crippen molar-refractivity contribution in [2.75, 3.05) is 13.1 Å². The van der Waals surface area contributed by atoms with E-state index in [0.29, 0.717) is 30.2 Å². The molecule has 0 bridgehead atoms. The summed E-state index contributed by atoms with van der Waals surface area (Å²) in [5, 5.41) is 9.00. The van der Waals surface area contributed by atoms with E-state index in [2.05, 4.69) is 16.0 Å². The molecule has 1 aromatic carbocycles. The first-order valence-corrected chi connectivity index (χ1v) is 8.33. The van der Waals surface area contributed by atoms with E-state index in [1.165, 1.54) is 0 Å². The zero-order valence-corrected chi connectivity index (χ0v) is 14.4. The van der Waals surface area contributed by atoms with Crippen molar-refractivity contribution in [3.8, 4) is 12.1 Å². The predicted octanol–water partition coefficient (Wildman–Crippen LogP) is 2.65. The molecule has 2 heterocycles. The van der Waals surface area contributed by atoms with Gasteiger partial charge in [-0.3, -0.25) is 4.79 Å². The summed E-state index contributed by atoms with van der Waals surface area (Å²) in [6.45, 7) is 4.98. The first-order valence-electron chi connectivity index (χ1n) is 8.33. The number of hydrogen-bond acceptors (Lipinski definition) is 5. The molecular formula is C19H20N4O2. The monoisotopic (exact) mass is 336 g/mol. The topological polar surface area (TPSA) is 79.1 Å². The van der Waals surface area contributed by atoms with Gasteiger partial charge in [0.25, 0.3) is 5.91 Å². The predicted molar refractivity (Wildman–Crippen MR) is 92.2 cm³/mol. The lowest BCUT2D eigenvalue weighted by Crippen LogP contribution is -2.44. The van der Waals surface area contributed by atoms with Gasteiger partial charge in [0, 0.05) is 23.5 Å². The fourth-order valence-corrected chi connectivity index (χ4v) is 3.02. The third-order valence-corrected chi connectivity index (χ3v) is 4.14. The zero-order valence-electron chi connectivity index (χ0n) is 14.4. The van der Waals surface area contributed by atoms with Crippen LogP contribution >= 0.6 is 0 Å². The Kier molecular flexibility index (Phi) is 4.94. The van der Waals surface area contributed by atoms with Gasteiger partial charge in [-0.1, -0.05) is 6.07 Å². The van der Waals surface area contributed by atoms with Crippen molar-refractivity contribution >= 4 is 5.91 Å². The van der Waals surface area contributed by atoms with Crippen molar-refractivity contribution in [2.24, 2.45) is 0 Å². The molecule has 128 valence electrons. The second kappa shape index (κ2) is 7.31. The summed E-state index contributed by atoms with van der Waals surface area (Å²) in [6, 6.07) is 11.1. The lowest BCUT2D eigenvalue weighted by molar-refractivity contribution is 0.0515. The van der Waals surface area contributed by atoms with Gasteiger partial charge in [0.1, 0.15) is 6.10 Å². The highest BCUT2D eigenvalue weighted by Gasteiger charge is 2.26. The Morgan fingerprint density at radius 2 is 2.04 bits per heavy atom. The minimum Gasteiger partial charge on any atom is -0.458 e. The molecule has 25 heavy (non-hydrogen) atoms. The smallest absolute Gasteiger partial charge is 0.317 e. The van der Waals surface area contributed by atoms with Crippen LogP contribution in [0.5, 0.6) is 6.01 Å². The number of amides is 1. The Morgan fingerprint density at radius 3 is 2.76 bits per heavy atom. The number of carbonyl (C=O) groups is 1. The Bertz CT molecular complexity index is 808. The summed E-state index contributed by atoms with van der Waals surface area (Å²) in [7, 11) is 0. The molecule has 0 aliphatic carbocycles. The maximum absolute atomic E-state index is 12.7. The summed E-state index contributed by atoms with van der Waals surface area (Å²) in [5.74, 6) is -0.0771. The second-order valence-corrected chi connectivity index (χ2v) is 6.26. The summed E-state index contributed by atoms with van der Waals surface area (Å²) < 4.78 is 5.91. The Balaban J connectivity index is 1.70. The van der Waals surface area contributed by atoms with E-state index in [9.17, 15) is 4.79 Å². The number of piperidine rings is 1. The highest BCUT2D eigenvalue weighted by molar-refractivity contribution is 5.94. The minimum atomic E-state index is -0.127. The van der Waals surface area contributed by atoms with Crippen LogP contribution < -0.4 is 4.74 Å². The molecule has 1 aromatic heterocycles. The molecule has 1 amide bonds. The fourth-order valence-electron chi connectivity index (χ4n) is 3.02. The van der Waals surface area contributed by atoms with Crippen LogP contribution in [0.15, 0.2) is 30.3 Å². The van der Waals surface area contributed by atoms with Gasteiger partial charge in [-0.2, -0.15) is 5.26 Å². The summed E-state index contributed by atoms with van der Waals surface area (Å²) in [6.07, 6.45) is 1.59. The van der Waals surface area contributed by atoms with Crippen molar-refractivity contribution < 1.29 is 9.53 Å². The number of nitriles is 1. The van der Waals surface area contributed by atoms with Gasteiger partial charge in [0.05, 0.1) is 18.2 Å². The van der Waals surface area contributed by atoms with Gasteiger partial charge < -0.3 is 9.64 Å². The van der Waals surface area contributed by atoms with Crippen LogP contribution in [-0.4, -0.2) is 40.0 Å². The number of aromatic nitrogens is 2. The molecule has 0 N–H and O–H groups in total. The molecule has 1 aliphatic rings. The first-order chi connectivity index (χ1) is 12.0. The van der Waals surface area contributed by atoms with E-state index in [-0.39, 0.29) is 12.0 Å². The minimum absolute atomic E-state index is 0.0771. The molecule has 6 nitrogen and oxygen atoms in total. The number of nitrogens with zero attached hydrogens (tertiary/aromatic N) is 4. The molecular weight excluding hydrogens is 316 g/mol. The van der Waals surface area contributed by atoms with Gasteiger partial charge >= 0.3 is 6.01 Å². The van der Waals surface area contributed by atoms with Crippen LogP contribution in [-0.2, 0) is 0 Å². The van der Waals surface area contributed by atoms with Crippen molar-refractivity contribution in [3.05, 3.63) is 52.8 Å². The van der Waals surface area contributed by atoms with Crippen LogP contribution in [0, 0.1) is 25.2 Å². The number of rotatable bonds is 3. The average molecular weight is 336 g/mol. The van der Waals surface area contributed by atoms with Crippen molar-refractivity contribution in [3.63, 3.8) is 0 Å². The zero-order chi connectivity index (χ0) is 17.8. The quantitative estimate of drug-likeness (QED) is 0.861. The summed E-state index contributed by atoms with van der Waals surface area (Å²) in [4.78, 5) is 23.1. The molecule has 0 saturated carbocycles. The van der Waals surface area contributed by atoms with E-state index < -0.39 is 0 Å². The van der Waals surface area contributed by atoms with Gasteiger partial charge in [0.15, 0.2) is 0 Å². The highest BCUT2D eigenvalue weighted by atomic mass is 16.5. The largest absolute Gasteiger partial charge is 0.458 e. The molecule has 2 aromatic rings. The van der Waals surface area contributed by atoms with Gasteiger partial charge in [-0.25, -0.2) is 9.97 Å². The molecule has 0 radical (unpaired) electrons. The molecule has 1 saturated heterocycles. The number of likely N-dealkylation sites (tertiary alicyclic amines) is 1. The molecule has 6 heteroatoms. The van der Waals surface area contributed by atoms with E-state index in [1.807, 2.05) is 19.9 Å². The molecule has 0 unspecified atom stereocenters. The number of benzene rings is 1. The third-order valence-electron chi connectivity index (χ3n) is 4.14. The number of hydrogen-bond donors (Lipinski definition) is 0. The van der Waals surface area contributed by atoms with Crippen LogP contribution in [0.3, 0.4) is 0 Å². The van der Waals surface area contributed by atoms with Crippen LogP contribution in [0.2, 0.25) is 0 Å². The molecule has 1 aliphatic heterocycles. The van der Waals surface area contributed by atoms with Gasteiger partial charge in [0.2, 0.25) is 0 Å². The Morgan fingerprint density at radius 1 is 1.28 bits per heavy atom. The second-order valence-electron chi connectivity index (χ2n) is 6.26. The van der Waals surface area contributed by atoms with E-state index in [1.54, 1.807) is 29.2 Å². The lowest BCUT2D eigenvalue weighted by Gasteiger charge is -2.32. The summed E-state index contributed by atoms with van der Waals surface area (Å²) >= 11 is 0. The van der Waals surface area contributed by atoms with Crippen LogP contribution in [0.25, 0.3) is 0 Å². The van der Waals surface area contributed by atoms with Crippen LogP contribution in [0.4, 0.5) is 0 Å². The molecule has 0 spiro atoms. The van der Waals surface area contributed by atoms with Crippen molar-refractivity contribution in [2.45, 2.75) is 32.8 Å². The number of aryl methyl sites for hydroxylation is 2. The van der Waals surface area contributed by atoms with E-state index in [4.69, 9.17) is 10.00 Å². The van der Waals surface area contributed by atoms with E-state index >= 15 is 0 Å². The number of carbonyl (C=O) groups excluding carboxylic acids is 1. The SMILES string of the molecule is Cc1cc(C)nc(O[C@H]2CCCN(C(=O)c3cccc(C#N)c3)C2)n1. The lowest BCUT2D eigenvalue weighted by atomic mass is 10.1. The van der Waals surface area contributed by atoms with Crippen molar-refractivity contribution in [1.29, 1.82) is 5.26 Å². The average Bonchev–Trinajstić information content (AvgIpc) is 2.60. The molecule has 1 atom stereocenters. The molecule has 1 fully saturated rings. The van der Waals surface area contributed by atoms with Gasteiger partial charge in [-0.15, -0.1) is 0 Å². The fraction of sp³-hybridized carbons (Fsp3) is 0.368. The number of ether oxygens (including phenoxy) is 1. The maximum atomic E-state index is 12.7. The van der Waals surface area contributed by atoms with Crippen molar-refractivity contribution in [1.82, 2.24) is 14.9 Å². The molecule has 3 rings (SSSR count). The Hall–Kier alpha value is -2.94. The van der Waals surface area contributed by atoms with Gasteiger partial charge in [-0.05, 0) is 51.0 Å².